The van der Waals surface area contributed by atoms with Crippen LogP contribution in [0.15, 0.2) is 53.4 Å². The van der Waals surface area contributed by atoms with Crippen molar-refractivity contribution in [3.63, 3.8) is 0 Å². The van der Waals surface area contributed by atoms with E-state index < -0.39 is 5.76 Å². The Labute approximate surface area is 160 Å². The van der Waals surface area contributed by atoms with Gasteiger partial charge in [0.25, 0.3) is 5.76 Å². The number of alkyl halides is 2. The Morgan fingerprint density at radius 1 is 1.23 bits per heavy atom. The fraction of sp³-hybridized carbons (Fsp3) is 0.278. The first kappa shape index (κ1) is 20.5. The normalized spacial score (nSPS) is 11.0. The quantitative estimate of drug-likeness (QED) is 0.624. The number of benzene rings is 2. The molecular formula is C18H19ClF2N2O2S. The lowest BCUT2D eigenvalue weighted by atomic mass is 10.3. The Bertz CT molecular complexity index is 717. The lowest BCUT2D eigenvalue weighted by molar-refractivity contribution is -0.117. The van der Waals surface area contributed by atoms with Crippen molar-refractivity contribution in [2.75, 3.05) is 32.1 Å². The van der Waals surface area contributed by atoms with Crippen LogP contribution in [-0.2, 0) is 4.79 Å². The van der Waals surface area contributed by atoms with Crippen molar-refractivity contribution in [1.29, 1.82) is 0 Å². The molecule has 1 amide bonds. The van der Waals surface area contributed by atoms with Crippen molar-refractivity contribution in [2.24, 2.45) is 0 Å². The summed E-state index contributed by atoms with van der Waals surface area (Å²) in [6.07, 6.45) is 0. The van der Waals surface area contributed by atoms with Crippen molar-refractivity contribution in [1.82, 2.24) is 4.90 Å². The summed E-state index contributed by atoms with van der Waals surface area (Å²) in [4.78, 5) is 14.2. The molecule has 0 bridgehead atoms. The van der Waals surface area contributed by atoms with Crippen LogP contribution in [0.4, 0.5) is 14.5 Å². The van der Waals surface area contributed by atoms with Gasteiger partial charge < -0.3 is 10.1 Å². The molecule has 26 heavy (non-hydrogen) atoms. The first-order valence-electron chi connectivity index (χ1n) is 7.84. The van der Waals surface area contributed by atoms with Gasteiger partial charge in [-0.25, -0.2) is 0 Å². The Morgan fingerprint density at radius 3 is 2.62 bits per heavy atom. The van der Waals surface area contributed by atoms with E-state index >= 15 is 0 Å². The van der Waals surface area contributed by atoms with Gasteiger partial charge in [-0.3, -0.25) is 9.69 Å². The summed E-state index contributed by atoms with van der Waals surface area (Å²) in [5.74, 6) is -2.12. The smallest absolute Gasteiger partial charge is 0.288 e. The van der Waals surface area contributed by atoms with Crippen molar-refractivity contribution in [2.45, 2.75) is 10.7 Å². The summed E-state index contributed by atoms with van der Waals surface area (Å²) in [6, 6.07) is 13.5. The zero-order chi connectivity index (χ0) is 18.9. The molecule has 0 saturated heterocycles. The van der Waals surface area contributed by atoms with Crippen molar-refractivity contribution in [3.05, 3.63) is 53.6 Å². The minimum atomic E-state index is -2.54. The second-order valence-corrected chi connectivity index (χ2v) is 6.93. The van der Waals surface area contributed by atoms with Gasteiger partial charge in [0.1, 0.15) is 12.4 Å². The second-order valence-electron chi connectivity index (χ2n) is 5.46. The molecule has 4 nitrogen and oxygen atoms in total. The maximum absolute atomic E-state index is 12.6. The molecule has 140 valence electrons. The minimum absolute atomic E-state index is 0.123. The number of carbonyl (C=O) groups excluding carboxylic acids is 1. The van der Waals surface area contributed by atoms with E-state index in [1.165, 1.54) is 0 Å². The second kappa shape index (κ2) is 10.4. The summed E-state index contributed by atoms with van der Waals surface area (Å²) >= 11 is 6.21. The highest BCUT2D eigenvalue weighted by Gasteiger charge is 2.13. The predicted molar refractivity (Wildman–Crippen MR) is 101 cm³/mol. The maximum Gasteiger partial charge on any atom is 0.288 e. The molecule has 0 fully saturated rings. The van der Waals surface area contributed by atoms with Crippen LogP contribution in [0.25, 0.3) is 0 Å². The third kappa shape index (κ3) is 7.19. The molecule has 2 aromatic carbocycles. The number of halogens is 3. The van der Waals surface area contributed by atoms with E-state index in [4.69, 9.17) is 16.3 Å². The molecule has 0 aromatic heterocycles. The highest BCUT2D eigenvalue weighted by atomic mass is 35.5. The van der Waals surface area contributed by atoms with Crippen LogP contribution in [0.2, 0.25) is 5.02 Å². The number of nitrogens with zero attached hydrogens (tertiary/aromatic N) is 1. The average Bonchev–Trinajstić information content (AvgIpc) is 2.58. The summed E-state index contributed by atoms with van der Waals surface area (Å²) in [7, 11) is 1.78. The van der Waals surface area contributed by atoms with Crippen LogP contribution in [0.5, 0.6) is 5.75 Å². The van der Waals surface area contributed by atoms with Crippen LogP contribution in [-0.4, -0.2) is 43.3 Å². The Morgan fingerprint density at radius 2 is 1.92 bits per heavy atom. The minimum Gasteiger partial charge on any atom is -0.492 e. The number of para-hydroxylation sites is 1. The van der Waals surface area contributed by atoms with Crippen LogP contribution in [0.1, 0.15) is 0 Å². The summed E-state index contributed by atoms with van der Waals surface area (Å²) in [5, 5.41) is 3.31. The lowest BCUT2D eigenvalue weighted by Gasteiger charge is -2.17. The zero-order valence-corrected chi connectivity index (χ0v) is 15.7. The monoisotopic (exact) mass is 400 g/mol. The molecule has 0 spiro atoms. The fourth-order valence-corrected chi connectivity index (χ4v) is 2.85. The largest absolute Gasteiger partial charge is 0.492 e. The van der Waals surface area contributed by atoms with E-state index in [1.54, 1.807) is 60.5 Å². The summed E-state index contributed by atoms with van der Waals surface area (Å²) in [6.45, 7) is 1.06. The molecule has 0 saturated carbocycles. The van der Waals surface area contributed by atoms with E-state index in [0.717, 1.165) is 0 Å². The molecule has 0 heterocycles. The van der Waals surface area contributed by atoms with Gasteiger partial charge in [0.15, 0.2) is 0 Å². The molecule has 2 rings (SSSR count). The molecule has 2 aromatic rings. The SMILES string of the molecule is CN(CCOc1ccc(Cl)cc1)CC(=O)Nc1ccccc1SC(F)F. The Balaban J connectivity index is 1.77. The number of hydrogen-bond donors (Lipinski definition) is 1. The van der Waals surface area contributed by atoms with Crippen molar-refractivity contribution in [3.8, 4) is 5.75 Å². The number of ether oxygens (including phenoxy) is 1. The number of likely N-dealkylation sites (N-methyl/N-ethyl adjacent to an activating group) is 1. The van der Waals surface area contributed by atoms with Crippen molar-refractivity contribution < 1.29 is 18.3 Å². The van der Waals surface area contributed by atoms with Crippen LogP contribution in [0, 0.1) is 0 Å². The third-order valence-electron chi connectivity index (χ3n) is 3.35. The van der Waals surface area contributed by atoms with Gasteiger partial charge in [-0.1, -0.05) is 35.5 Å². The third-order valence-corrected chi connectivity index (χ3v) is 4.39. The number of carbonyl (C=O) groups is 1. The number of amides is 1. The van der Waals surface area contributed by atoms with Crippen LogP contribution in [0.3, 0.4) is 0 Å². The van der Waals surface area contributed by atoms with E-state index in [1.807, 2.05) is 0 Å². The highest BCUT2D eigenvalue weighted by molar-refractivity contribution is 7.99. The van der Waals surface area contributed by atoms with Gasteiger partial charge in [0.2, 0.25) is 5.91 Å². The zero-order valence-electron chi connectivity index (χ0n) is 14.1. The molecular weight excluding hydrogens is 382 g/mol. The van der Waals surface area contributed by atoms with Gasteiger partial charge in [-0.15, -0.1) is 0 Å². The first-order chi connectivity index (χ1) is 12.4. The number of hydrogen-bond acceptors (Lipinski definition) is 4. The average molecular weight is 401 g/mol. The molecule has 1 N–H and O–H groups in total. The van der Waals surface area contributed by atoms with E-state index in [0.29, 0.717) is 46.3 Å². The highest BCUT2D eigenvalue weighted by Crippen LogP contribution is 2.31. The lowest BCUT2D eigenvalue weighted by Crippen LogP contribution is -2.33. The standard InChI is InChI=1S/C18H19ClF2N2O2S/c1-23(10-11-25-14-8-6-13(19)7-9-14)12-17(24)22-15-4-2-3-5-16(15)26-18(20)21/h2-9,18H,10-12H2,1H3,(H,22,24). The molecule has 0 radical (unpaired) electrons. The van der Waals surface area contributed by atoms with Gasteiger partial charge in [0.05, 0.1) is 12.2 Å². The van der Waals surface area contributed by atoms with Gasteiger partial charge >= 0.3 is 0 Å². The number of nitrogens with one attached hydrogen (secondary N) is 1. The van der Waals surface area contributed by atoms with Gasteiger partial charge in [-0.2, -0.15) is 8.78 Å². The number of anilines is 1. The van der Waals surface area contributed by atoms with Gasteiger partial charge in [0, 0.05) is 16.5 Å². The fourth-order valence-electron chi connectivity index (χ4n) is 2.13. The van der Waals surface area contributed by atoms with Crippen LogP contribution >= 0.6 is 23.4 Å². The molecule has 0 aliphatic carbocycles. The molecule has 0 aliphatic heterocycles. The van der Waals surface area contributed by atoms with E-state index in [9.17, 15) is 13.6 Å². The summed E-state index contributed by atoms with van der Waals surface area (Å²) in [5.41, 5.74) is 0.383. The first-order valence-corrected chi connectivity index (χ1v) is 9.10. The topological polar surface area (TPSA) is 41.6 Å². The summed E-state index contributed by atoms with van der Waals surface area (Å²) < 4.78 is 30.7. The van der Waals surface area contributed by atoms with Crippen molar-refractivity contribution >= 4 is 35.0 Å². The predicted octanol–water partition coefficient (Wildman–Crippen LogP) is 4.60. The Kier molecular flexibility index (Phi) is 8.15. The van der Waals surface area contributed by atoms with E-state index in [2.05, 4.69) is 5.32 Å². The number of thioether (sulfide) groups is 1. The maximum atomic E-state index is 12.6. The Hall–Kier alpha value is -1.83. The van der Waals surface area contributed by atoms with E-state index in [-0.39, 0.29) is 12.5 Å². The van der Waals surface area contributed by atoms with Gasteiger partial charge in [-0.05, 0) is 43.4 Å². The molecule has 8 heteroatoms. The molecule has 0 atom stereocenters. The molecule has 0 unspecified atom stereocenters. The molecule has 0 aliphatic rings. The van der Waals surface area contributed by atoms with Crippen LogP contribution < -0.4 is 10.1 Å². The number of rotatable bonds is 9.